The molecule has 0 fully saturated rings. The zero-order valence-electron chi connectivity index (χ0n) is 8.24. The molecule has 0 amide bonds. The molecule has 0 aromatic carbocycles. The number of esters is 2. The first-order valence-electron chi connectivity index (χ1n) is 4.26. The van der Waals surface area contributed by atoms with E-state index in [0.717, 1.165) is 0 Å². The van der Waals surface area contributed by atoms with Crippen LogP contribution in [0.1, 0.15) is 0 Å². The third-order valence-electron chi connectivity index (χ3n) is 1.40. The SMILES string of the molecule is O=C[C@@H](COC(=O)CO)OC(=O)C(O)CO. The molecule has 0 saturated carbocycles. The van der Waals surface area contributed by atoms with Crippen LogP contribution in [0.3, 0.4) is 0 Å². The lowest BCUT2D eigenvalue weighted by atomic mass is 10.3. The summed E-state index contributed by atoms with van der Waals surface area (Å²) >= 11 is 0. The largest absolute Gasteiger partial charge is 0.460 e. The molecule has 1 unspecified atom stereocenters. The first-order valence-corrected chi connectivity index (χ1v) is 4.26. The molecule has 0 aliphatic carbocycles. The molecule has 0 aromatic heterocycles. The maximum Gasteiger partial charge on any atom is 0.338 e. The highest BCUT2D eigenvalue weighted by Gasteiger charge is 2.21. The van der Waals surface area contributed by atoms with Gasteiger partial charge in [-0.15, -0.1) is 0 Å². The van der Waals surface area contributed by atoms with Crippen molar-refractivity contribution in [1.29, 1.82) is 0 Å². The summed E-state index contributed by atoms with van der Waals surface area (Å²) in [4.78, 5) is 31.7. The summed E-state index contributed by atoms with van der Waals surface area (Å²) in [5.74, 6) is -2.19. The van der Waals surface area contributed by atoms with Gasteiger partial charge in [0.1, 0.15) is 13.2 Å². The van der Waals surface area contributed by atoms with Gasteiger partial charge in [-0.25, -0.2) is 9.59 Å². The molecule has 0 spiro atoms. The highest BCUT2D eigenvalue weighted by atomic mass is 16.6. The van der Waals surface area contributed by atoms with Crippen molar-refractivity contribution in [3.63, 3.8) is 0 Å². The first-order chi connectivity index (χ1) is 7.54. The van der Waals surface area contributed by atoms with Crippen LogP contribution in [0.2, 0.25) is 0 Å². The first kappa shape index (κ1) is 14.5. The Labute approximate surface area is 90.4 Å². The number of rotatable bonds is 7. The second-order valence-corrected chi connectivity index (χ2v) is 2.65. The molecule has 3 N–H and O–H groups in total. The standard InChI is InChI=1S/C8H12O8/c9-1-5(4-15-7(13)3-11)16-8(14)6(12)2-10/h1,5-6,10-12H,2-4H2/t5-,6?/m0/s1. The Morgan fingerprint density at radius 3 is 2.38 bits per heavy atom. The monoisotopic (exact) mass is 236 g/mol. The minimum atomic E-state index is -1.75. The summed E-state index contributed by atoms with van der Waals surface area (Å²) in [5, 5.41) is 25.5. The van der Waals surface area contributed by atoms with Crippen LogP contribution in [0.5, 0.6) is 0 Å². The van der Waals surface area contributed by atoms with Gasteiger partial charge in [-0.3, -0.25) is 4.79 Å². The minimum absolute atomic E-state index is 0.187. The van der Waals surface area contributed by atoms with Gasteiger partial charge in [0.05, 0.1) is 6.61 Å². The van der Waals surface area contributed by atoms with Gasteiger partial charge in [0.15, 0.2) is 18.5 Å². The fraction of sp³-hybridized carbons (Fsp3) is 0.625. The van der Waals surface area contributed by atoms with Gasteiger partial charge in [0.25, 0.3) is 0 Å². The van der Waals surface area contributed by atoms with E-state index in [1.165, 1.54) is 0 Å². The van der Waals surface area contributed by atoms with Crippen molar-refractivity contribution in [2.75, 3.05) is 19.8 Å². The van der Waals surface area contributed by atoms with Crippen molar-refractivity contribution >= 4 is 18.2 Å². The van der Waals surface area contributed by atoms with E-state index in [4.69, 9.17) is 15.3 Å². The summed E-state index contributed by atoms with van der Waals surface area (Å²) in [6.45, 7) is -2.27. The number of hydrogen-bond acceptors (Lipinski definition) is 8. The minimum Gasteiger partial charge on any atom is -0.460 e. The predicted octanol–water partition coefficient (Wildman–Crippen LogP) is -3.01. The van der Waals surface area contributed by atoms with E-state index in [-0.39, 0.29) is 6.29 Å². The van der Waals surface area contributed by atoms with Crippen molar-refractivity contribution in [2.24, 2.45) is 0 Å². The third-order valence-corrected chi connectivity index (χ3v) is 1.40. The van der Waals surface area contributed by atoms with E-state index >= 15 is 0 Å². The average molecular weight is 236 g/mol. The van der Waals surface area contributed by atoms with Gasteiger partial charge >= 0.3 is 11.9 Å². The molecule has 16 heavy (non-hydrogen) atoms. The second kappa shape index (κ2) is 7.74. The summed E-state index contributed by atoms with van der Waals surface area (Å²) in [7, 11) is 0. The van der Waals surface area contributed by atoms with Crippen LogP contribution in [0, 0.1) is 0 Å². The highest BCUT2D eigenvalue weighted by Crippen LogP contribution is 1.95. The van der Waals surface area contributed by atoms with E-state index in [0.29, 0.717) is 0 Å². The summed E-state index contributed by atoms with van der Waals surface area (Å²) in [6.07, 6.45) is -2.95. The van der Waals surface area contributed by atoms with E-state index < -0.39 is 44.0 Å². The van der Waals surface area contributed by atoms with Crippen molar-refractivity contribution < 1.29 is 39.2 Å². The van der Waals surface area contributed by atoms with E-state index in [9.17, 15) is 14.4 Å². The molecule has 0 saturated heterocycles. The lowest BCUT2D eigenvalue weighted by Gasteiger charge is -2.13. The van der Waals surface area contributed by atoms with E-state index in [1.54, 1.807) is 0 Å². The van der Waals surface area contributed by atoms with Gasteiger partial charge in [0.2, 0.25) is 0 Å². The lowest BCUT2D eigenvalue weighted by Crippen LogP contribution is -2.34. The molecule has 2 atom stereocenters. The summed E-state index contributed by atoms with van der Waals surface area (Å²) in [6, 6.07) is 0. The summed E-state index contributed by atoms with van der Waals surface area (Å²) < 4.78 is 8.69. The van der Waals surface area contributed by atoms with Crippen LogP contribution in [-0.2, 0) is 23.9 Å². The quantitative estimate of drug-likeness (QED) is 0.314. The van der Waals surface area contributed by atoms with Crippen LogP contribution in [0.4, 0.5) is 0 Å². The van der Waals surface area contributed by atoms with Crippen LogP contribution in [0.25, 0.3) is 0 Å². The molecule has 0 rings (SSSR count). The van der Waals surface area contributed by atoms with Crippen molar-refractivity contribution in [3.8, 4) is 0 Å². The van der Waals surface area contributed by atoms with Crippen molar-refractivity contribution in [3.05, 3.63) is 0 Å². The molecule has 92 valence electrons. The summed E-state index contributed by atoms with van der Waals surface area (Å²) in [5.41, 5.74) is 0. The number of aliphatic hydroxyl groups is 3. The number of aliphatic hydroxyl groups excluding tert-OH is 3. The number of aldehydes is 1. The number of ether oxygens (including phenoxy) is 2. The van der Waals surface area contributed by atoms with Crippen molar-refractivity contribution in [2.45, 2.75) is 12.2 Å². The molecular formula is C8H12O8. The van der Waals surface area contributed by atoms with Crippen LogP contribution in [0.15, 0.2) is 0 Å². The predicted molar refractivity (Wildman–Crippen MR) is 47.1 cm³/mol. The molecular weight excluding hydrogens is 224 g/mol. The van der Waals surface area contributed by atoms with Crippen LogP contribution >= 0.6 is 0 Å². The second-order valence-electron chi connectivity index (χ2n) is 2.65. The lowest BCUT2D eigenvalue weighted by molar-refractivity contribution is -0.169. The molecule has 0 aliphatic rings. The third kappa shape index (κ3) is 5.39. The van der Waals surface area contributed by atoms with Gasteiger partial charge in [0, 0.05) is 0 Å². The normalized spacial score (nSPS) is 13.7. The Hall–Kier alpha value is -1.51. The van der Waals surface area contributed by atoms with Crippen LogP contribution < -0.4 is 0 Å². The Kier molecular flexibility index (Phi) is 7.01. The molecule has 8 heteroatoms. The number of hydrogen-bond donors (Lipinski definition) is 3. The Morgan fingerprint density at radius 2 is 1.94 bits per heavy atom. The van der Waals surface area contributed by atoms with Gasteiger partial charge < -0.3 is 24.8 Å². The van der Waals surface area contributed by atoms with Gasteiger partial charge in [-0.05, 0) is 0 Å². The fourth-order valence-corrected chi connectivity index (χ4v) is 0.624. The number of carbonyl (C=O) groups excluding carboxylic acids is 3. The Balaban J connectivity index is 4.05. The topological polar surface area (TPSA) is 130 Å². The fourth-order valence-electron chi connectivity index (χ4n) is 0.624. The molecule has 0 heterocycles. The Bertz CT molecular complexity index is 250. The maximum atomic E-state index is 10.9. The molecule has 0 bridgehead atoms. The van der Waals surface area contributed by atoms with Crippen molar-refractivity contribution in [1.82, 2.24) is 0 Å². The van der Waals surface area contributed by atoms with E-state index in [1.807, 2.05) is 0 Å². The molecule has 0 aliphatic heterocycles. The zero-order chi connectivity index (χ0) is 12.6. The van der Waals surface area contributed by atoms with Gasteiger partial charge in [-0.1, -0.05) is 0 Å². The maximum absolute atomic E-state index is 10.9. The molecule has 0 aromatic rings. The Morgan fingerprint density at radius 1 is 1.31 bits per heavy atom. The molecule has 0 radical (unpaired) electrons. The van der Waals surface area contributed by atoms with E-state index in [2.05, 4.69) is 9.47 Å². The van der Waals surface area contributed by atoms with Gasteiger partial charge in [-0.2, -0.15) is 0 Å². The average Bonchev–Trinajstić information content (AvgIpc) is 2.32. The number of carbonyl (C=O) groups is 3. The smallest absolute Gasteiger partial charge is 0.338 e. The molecule has 8 nitrogen and oxygen atoms in total. The zero-order valence-corrected chi connectivity index (χ0v) is 8.24. The highest BCUT2D eigenvalue weighted by molar-refractivity contribution is 5.77. The van der Waals surface area contributed by atoms with Crippen LogP contribution in [-0.4, -0.2) is 65.6 Å².